The summed E-state index contributed by atoms with van der Waals surface area (Å²) in [7, 11) is 0. The van der Waals surface area contributed by atoms with Crippen LogP contribution in [-0.4, -0.2) is 4.98 Å². The van der Waals surface area contributed by atoms with Crippen molar-refractivity contribution in [2.24, 2.45) is 0 Å². The summed E-state index contributed by atoms with van der Waals surface area (Å²) in [6.07, 6.45) is 1.86. The Kier molecular flexibility index (Phi) is 5.85. The first-order valence-electron chi connectivity index (χ1n) is 15.3. The molecule has 0 bridgehead atoms. The summed E-state index contributed by atoms with van der Waals surface area (Å²) in [5.41, 5.74) is 11.0. The highest BCUT2D eigenvalue weighted by atomic mass is 16.3. The molecule has 0 atom stereocenters. The molecule has 0 unspecified atom stereocenters. The fourth-order valence-corrected chi connectivity index (χ4v) is 7.01. The van der Waals surface area contributed by atoms with Crippen molar-refractivity contribution in [2.45, 2.75) is 0 Å². The minimum absolute atomic E-state index is 0.869. The number of aromatic nitrogens is 1. The lowest BCUT2D eigenvalue weighted by atomic mass is 9.85. The summed E-state index contributed by atoms with van der Waals surface area (Å²) >= 11 is 0. The highest BCUT2D eigenvalue weighted by Gasteiger charge is 2.20. The van der Waals surface area contributed by atoms with Crippen LogP contribution in [0.15, 0.2) is 168 Å². The van der Waals surface area contributed by atoms with Gasteiger partial charge in [-0.1, -0.05) is 127 Å². The molecular formula is C43H27NO. The van der Waals surface area contributed by atoms with E-state index in [0.29, 0.717) is 0 Å². The van der Waals surface area contributed by atoms with Crippen LogP contribution in [0.2, 0.25) is 0 Å². The number of benzene rings is 7. The van der Waals surface area contributed by atoms with Crippen LogP contribution in [0.5, 0.6) is 0 Å². The Morgan fingerprint density at radius 2 is 0.889 bits per heavy atom. The van der Waals surface area contributed by atoms with E-state index >= 15 is 0 Å². The maximum absolute atomic E-state index is 6.28. The van der Waals surface area contributed by atoms with Gasteiger partial charge in [0.25, 0.3) is 0 Å². The van der Waals surface area contributed by atoms with Crippen LogP contribution in [0, 0.1) is 0 Å². The molecule has 2 nitrogen and oxygen atoms in total. The summed E-state index contributed by atoms with van der Waals surface area (Å²) in [6.45, 7) is 0. The van der Waals surface area contributed by atoms with Crippen molar-refractivity contribution in [3.8, 4) is 44.6 Å². The Morgan fingerprint density at radius 3 is 1.51 bits per heavy atom. The maximum Gasteiger partial charge on any atom is 0.136 e. The molecule has 0 spiro atoms. The van der Waals surface area contributed by atoms with E-state index in [9.17, 15) is 0 Å². The number of para-hydroxylation sites is 1. The fourth-order valence-electron chi connectivity index (χ4n) is 7.01. The summed E-state index contributed by atoms with van der Waals surface area (Å²) < 4.78 is 6.28. The molecule has 0 N–H and O–H groups in total. The molecule has 0 radical (unpaired) electrons. The SMILES string of the molecule is c1ccc(-c2c3ccccc3c(-c3ccc(-c4ccc5oc6ccccc6c5c4-c4ccccn4)cc3)c3ccccc23)cc1. The molecule has 2 heterocycles. The molecule has 45 heavy (non-hydrogen) atoms. The van der Waals surface area contributed by atoms with Crippen molar-refractivity contribution < 1.29 is 4.42 Å². The van der Waals surface area contributed by atoms with Crippen LogP contribution < -0.4 is 0 Å². The van der Waals surface area contributed by atoms with Crippen molar-refractivity contribution in [1.29, 1.82) is 0 Å². The van der Waals surface area contributed by atoms with Crippen LogP contribution in [0.3, 0.4) is 0 Å². The van der Waals surface area contributed by atoms with Gasteiger partial charge in [-0.2, -0.15) is 0 Å². The molecule has 0 amide bonds. The van der Waals surface area contributed by atoms with E-state index in [1.54, 1.807) is 0 Å². The zero-order valence-corrected chi connectivity index (χ0v) is 24.4. The van der Waals surface area contributed by atoms with E-state index in [-0.39, 0.29) is 0 Å². The predicted octanol–water partition coefficient (Wildman–Crippen LogP) is 12.0. The average Bonchev–Trinajstić information content (AvgIpc) is 3.50. The second-order valence-electron chi connectivity index (χ2n) is 11.5. The Balaban J connectivity index is 1.27. The van der Waals surface area contributed by atoms with E-state index in [4.69, 9.17) is 9.40 Å². The molecule has 9 rings (SSSR count). The van der Waals surface area contributed by atoms with E-state index in [1.165, 1.54) is 43.8 Å². The van der Waals surface area contributed by atoms with Gasteiger partial charge in [-0.15, -0.1) is 0 Å². The summed E-state index contributed by atoms with van der Waals surface area (Å²) in [5.74, 6) is 0. The third kappa shape index (κ3) is 4.07. The first-order chi connectivity index (χ1) is 22.3. The Bertz CT molecular complexity index is 2450. The minimum Gasteiger partial charge on any atom is -0.456 e. The van der Waals surface area contributed by atoms with Gasteiger partial charge in [0.15, 0.2) is 0 Å². The Morgan fingerprint density at radius 1 is 0.356 bits per heavy atom. The zero-order chi connectivity index (χ0) is 29.7. The highest BCUT2D eigenvalue weighted by Crippen LogP contribution is 2.45. The lowest BCUT2D eigenvalue weighted by Crippen LogP contribution is -1.91. The van der Waals surface area contributed by atoms with Crippen molar-refractivity contribution in [3.05, 3.63) is 164 Å². The summed E-state index contributed by atoms with van der Waals surface area (Å²) in [5, 5.41) is 7.22. The predicted molar refractivity (Wildman–Crippen MR) is 188 cm³/mol. The van der Waals surface area contributed by atoms with Crippen LogP contribution in [0.25, 0.3) is 88.1 Å². The molecule has 7 aromatic carbocycles. The largest absolute Gasteiger partial charge is 0.456 e. The minimum atomic E-state index is 0.869. The molecular weight excluding hydrogens is 546 g/mol. The molecule has 0 saturated heterocycles. The number of nitrogens with zero attached hydrogens (tertiary/aromatic N) is 1. The van der Waals surface area contributed by atoms with Crippen LogP contribution in [-0.2, 0) is 0 Å². The molecule has 0 fully saturated rings. The van der Waals surface area contributed by atoms with Gasteiger partial charge in [0.1, 0.15) is 11.2 Å². The monoisotopic (exact) mass is 573 g/mol. The molecule has 2 aromatic heterocycles. The second-order valence-corrected chi connectivity index (χ2v) is 11.5. The topological polar surface area (TPSA) is 26.0 Å². The quantitative estimate of drug-likeness (QED) is 0.196. The van der Waals surface area contributed by atoms with Crippen molar-refractivity contribution >= 4 is 43.5 Å². The Labute approximate surface area is 260 Å². The molecule has 210 valence electrons. The van der Waals surface area contributed by atoms with E-state index < -0.39 is 0 Å². The number of rotatable bonds is 4. The molecule has 0 aliphatic carbocycles. The molecule has 9 aromatic rings. The number of pyridine rings is 1. The third-order valence-electron chi connectivity index (χ3n) is 8.94. The molecule has 0 aliphatic heterocycles. The second kappa shape index (κ2) is 10.3. The van der Waals surface area contributed by atoms with Crippen molar-refractivity contribution in [1.82, 2.24) is 4.98 Å². The van der Waals surface area contributed by atoms with Crippen molar-refractivity contribution in [3.63, 3.8) is 0 Å². The summed E-state index contributed by atoms with van der Waals surface area (Å²) in [4.78, 5) is 4.80. The van der Waals surface area contributed by atoms with Gasteiger partial charge >= 0.3 is 0 Å². The van der Waals surface area contributed by atoms with Crippen molar-refractivity contribution in [2.75, 3.05) is 0 Å². The standard InChI is InChI=1S/C43H27NO/c1-2-12-29(13-3-1)40-32-14-4-6-16-34(32)41(35-17-7-5-15-33(35)40)30-23-21-28(22-24-30)31-25-26-39-43(36-18-8-9-20-38(36)45-39)42(31)37-19-10-11-27-44-37/h1-27H. The van der Waals surface area contributed by atoms with E-state index in [2.05, 4.69) is 133 Å². The molecule has 0 aliphatic rings. The van der Waals surface area contributed by atoms with Gasteiger partial charge in [0.2, 0.25) is 0 Å². The van der Waals surface area contributed by atoms with Gasteiger partial charge in [-0.25, -0.2) is 0 Å². The van der Waals surface area contributed by atoms with Gasteiger partial charge in [-0.05, 0) is 85.3 Å². The Hall–Kier alpha value is -5.99. The lowest BCUT2D eigenvalue weighted by molar-refractivity contribution is 0.669. The maximum atomic E-state index is 6.28. The van der Waals surface area contributed by atoms with E-state index in [0.717, 1.165) is 44.3 Å². The van der Waals surface area contributed by atoms with Gasteiger partial charge in [0, 0.05) is 22.5 Å². The number of fused-ring (bicyclic) bond motifs is 5. The van der Waals surface area contributed by atoms with Crippen LogP contribution >= 0.6 is 0 Å². The highest BCUT2D eigenvalue weighted by molar-refractivity contribution is 6.21. The van der Waals surface area contributed by atoms with Gasteiger partial charge in [-0.3, -0.25) is 4.98 Å². The number of hydrogen-bond donors (Lipinski definition) is 0. The smallest absolute Gasteiger partial charge is 0.136 e. The summed E-state index contributed by atoms with van der Waals surface area (Å²) in [6, 6.07) is 56.0. The van der Waals surface area contributed by atoms with Crippen LogP contribution in [0.1, 0.15) is 0 Å². The fraction of sp³-hybridized carbons (Fsp3) is 0. The normalized spacial score (nSPS) is 11.6. The van der Waals surface area contributed by atoms with E-state index in [1.807, 2.05) is 30.5 Å². The first kappa shape index (κ1) is 25.5. The van der Waals surface area contributed by atoms with Gasteiger partial charge < -0.3 is 4.42 Å². The average molecular weight is 574 g/mol. The lowest BCUT2D eigenvalue weighted by Gasteiger charge is -2.18. The first-order valence-corrected chi connectivity index (χ1v) is 15.3. The van der Waals surface area contributed by atoms with Crippen LogP contribution in [0.4, 0.5) is 0 Å². The zero-order valence-electron chi connectivity index (χ0n) is 24.4. The number of hydrogen-bond acceptors (Lipinski definition) is 2. The molecule has 0 saturated carbocycles. The number of furan rings is 1. The molecule has 2 heteroatoms. The van der Waals surface area contributed by atoms with Gasteiger partial charge in [0.05, 0.1) is 5.69 Å². The third-order valence-corrected chi connectivity index (χ3v) is 8.94.